The number of nitro benzene ring substituents is 1. The van der Waals surface area contributed by atoms with Gasteiger partial charge < -0.3 is 24.8 Å². The molecule has 0 fully saturated rings. The van der Waals surface area contributed by atoms with Gasteiger partial charge in [-0.2, -0.15) is 15.0 Å². The van der Waals surface area contributed by atoms with Crippen molar-refractivity contribution in [3.05, 3.63) is 33.6 Å². The maximum atomic E-state index is 12.4. The van der Waals surface area contributed by atoms with Gasteiger partial charge in [-0.1, -0.05) is 0 Å². The predicted molar refractivity (Wildman–Crippen MR) is 98.5 cm³/mol. The van der Waals surface area contributed by atoms with Crippen LogP contribution in [-0.2, 0) is 11.3 Å². The van der Waals surface area contributed by atoms with Gasteiger partial charge in [0.05, 0.1) is 24.7 Å². The molecule has 1 aromatic heterocycles. The molecule has 1 aromatic carbocycles. The number of carbonyl (C=O) groups excluding carboxylic acids is 1. The normalized spacial score (nSPS) is 10.3. The second kappa shape index (κ2) is 8.79. The van der Waals surface area contributed by atoms with Crippen molar-refractivity contribution < 1.29 is 23.9 Å². The number of nitrogens with two attached hydrogens (primary N) is 1. The monoisotopic (exact) mass is 392 g/mol. The number of hydrogen-bond acceptors (Lipinski definition) is 11. The fraction of sp³-hybridized carbons (Fsp3) is 0.375. The number of carbonyl (C=O) groups is 1. The molecule has 0 unspecified atom stereocenters. The Hall–Kier alpha value is -3.70. The molecule has 150 valence electrons. The van der Waals surface area contributed by atoms with Crippen molar-refractivity contribution in [1.29, 1.82) is 0 Å². The molecule has 0 radical (unpaired) electrons. The third kappa shape index (κ3) is 4.72. The topological polar surface area (TPSA) is 156 Å². The van der Waals surface area contributed by atoms with Crippen LogP contribution in [0.25, 0.3) is 0 Å². The number of esters is 1. The van der Waals surface area contributed by atoms with E-state index in [2.05, 4.69) is 15.0 Å². The number of anilines is 2. The van der Waals surface area contributed by atoms with E-state index in [0.717, 1.165) is 6.07 Å². The third-order valence-electron chi connectivity index (χ3n) is 3.42. The van der Waals surface area contributed by atoms with E-state index >= 15 is 0 Å². The highest BCUT2D eigenvalue weighted by atomic mass is 16.6. The number of nitro groups is 1. The van der Waals surface area contributed by atoms with Crippen molar-refractivity contribution in [3.63, 3.8) is 0 Å². The molecule has 0 saturated carbocycles. The first-order chi connectivity index (χ1) is 13.3. The molecule has 0 spiro atoms. The van der Waals surface area contributed by atoms with E-state index in [1.54, 1.807) is 25.9 Å². The summed E-state index contributed by atoms with van der Waals surface area (Å²) in [6.45, 7) is 1.64. The van der Waals surface area contributed by atoms with Crippen LogP contribution in [0.4, 0.5) is 17.6 Å². The quantitative estimate of drug-likeness (QED) is 0.391. The molecule has 2 aromatic rings. The van der Waals surface area contributed by atoms with Gasteiger partial charge in [0.25, 0.3) is 5.69 Å². The van der Waals surface area contributed by atoms with Crippen LogP contribution in [-0.4, -0.2) is 53.7 Å². The molecule has 0 atom stereocenters. The van der Waals surface area contributed by atoms with Gasteiger partial charge in [0.1, 0.15) is 5.56 Å². The molecule has 12 heteroatoms. The predicted octanol–water partition coefficient (Wildman–Crippen LogP) is 1.19. The minimum absolute atomic E-state index is 0.0431. The maximum Gasteiger partial charge on any atom is 0.345 e. The Morgan fingerprint density at radius 2 is 1.96 bits per heavy atom. The molecule has 0 amide bonds. The van der Waals surface area contributed by atoms with Crippen molar-refractivity contribution in [2.24, 2.45) is 0 Å². The van der Waals surface area contributed by atoms with Crippen LogP contribution in [0.2, 0.25) is 0 Å². The van der Waals surface area contributed by atoms with E-state index in [9.17, 15) is 14.9 Å². The molecular weight excluding hydrogens is 372 g/mol. The van der Waals surface area contributed by atoms with E-state index in [1.165, 1.54) is 13.2 Å². The van der Waals surface area contributed by atoms with E-state index in [0.29, 0.717) is 0 Å². The van der Waals surface area contributed by atoms with Gasteiger partial charge in [0.15, 0.2) is 23.9 Å². The van der Waals surface area contributed by atoms with Gasteiger partial charge in [-0.05, 0) is 6.92 Å². The van der Waals surface area contributed by atoms with Crippen LogP contribution in [0, 0.1) is 10.1 Å². The van der Waals surface area contributed by atoms with Crippen molar-refractivity contribution >= 4 is 23.6 Å². The average Bonchev–Trinajstić information content (AvgIpc) is 2.65. The fourth-order valence-corrected chi connectivity index (χ4v) is 2.19. The number of methoxy groups -OCH3 is 1. The number of benzene rings is 1. The first kappa shape index (κ1) is 20.6. The number of rotatable bonds is 8. The highest BCUT2D eigenvalue weighted by Crippen LogP contribution is 2.35. The Labute approximate surface area is 160 Å². The zero-order valence-corrected chi connectivity index (χ0v) is 15.8. The number of ether oxygens (including phenoxy) is 3. The Balaban J connectivity index is 2.30. The maximum absolute atomic E-state index is 12.4. The first-order valence-corrected chi connectivity index (χ1v) is 8.10. The summed E-state index contributed by atoms with van der Waals surface area (Å²) in [5.74, 6) is -0.290. The Morgan fingerprint density at radius 3 is 2.54 bits per heavy atom. The molecule has 0 aliphatic carbocycles. The van der Waals surface area contributed by atoms with Crippen molar-refractivity contribution in [2.45, 2.75) is 13.5 Å². The largest absolute Gasteiger partial charge is 0.493 e. The summed E-state index contributed by atoms with van der Waals surface area (Å²) in [5, 5.41) is 11.4. The highest BCUT2D eigenvalue weighted by Gasteiger charge is 2.26. The Bertz CT molecular complexity index is 888. The molecule has 0 bridgehead atoms. The van der Waals surface area contributed by atoms with E-state index in [1.807, 2.05) is 0 Å². The molecule has 1 heterocycles. The second-order valence-corrected chi connectivity index (χ2v) is 5.59. The van der Waals surface area contributed by atoms with Crippen molar-refractivity contribution in [1.82, 2.24) is 15.0 Å². The molecule has 0 aliphatic heterocycles. The van der Waals surface area contributed by atoms with Crippen LogP contribution < -0.4 is 20.1 Å². The second-order valence-electron chi connectivity index (χ2n) is 5.59. The minimum Gasteiger partial charge on any atom is -0.493 e. The smallest absolute Gasteiger partial charge is 0.345 e. The van der Waals surface area contributed by atoms with Gasteiger partial charge in [0.2, 0.25) is 11.9 Å². The first-order valence-electron chi connectivity index (χ1n) is 8.10. The van der Waals surface area contributed by atoms with Gasteiger partial charge >= 0.3 is 5.97 Å². The molecule has 2 N–H and O–H groups in total. The molecule has 12 nitrogen and oxygen atoms in total. The number of hydrogen-bond donors (Lipinski definition) is 1. The fourth-order valence-electron chi connectivity index (χ4n) is 2.19. The van der Waals surface area contributed by atoms with E-state index in [4.69, 9.17) is 19.9 Å². The number of nitrogen functional groups attached to an aromatic ring is 1. The lowest BCUT2D eigenvalue weighted by Gasteiger charge is -2.12. The SMILES string of the molecule is CCOc1cc([N+](=O)[O-])c(C(=O)OCc2nc(N)nc(N(C)C)n2)cc1OC. The summed E-state index contributed by atoms with van der Waals surface area (Å²) >= 11 is 0. The molecule has 2 rings (SSSR count). The van der Waals surface area contributed by atoms with Gasteiger partial charge in [-0.15, -0.1) is 0 Å². The third-order valence-corrected chi connectivity index (χ3v) is 3.42. The van der Waals surface area contributed by atoms with Crippen LogP contribution >= 0.6 is 0 Å². The summed E-state index contributed by atoms with van der Waals surface area (Å²) in [5.41, 5.74) is 4.85. The van der Waals surface area contributed by atoms with Crippen LogP contribution in [0.15, 0.2) is 12.1 Å². The zero-order valence-electron chi connectivity index (χ0n) is 15.8. The molecular formula is C16H20N6O6. The lowest BCUT2D eigenvalue weighted by atomic mass is 10.1. The lowest BCUT2D eigenvalue weighted by molar-refractivity contribution is -0.385. The van der Waals surface area contributed by atoms with Gasteiger partial charge in [-0.3, -0.25) is 10.1 Å². The van der Waals surface area contributed by atoms with Crippen LogP contribution in [0.1, 0.15) is 23.1 Å². The minimum atomic E-state index is -0.946. The average molecular weight is 392 g/mol. The van der Waals surface area contributed by atoms with Gasteiger partial charge in [0, 0.05) is 20.2 Å². The molecule has 28 heavy (non-hydrogen) atoms. The summed E-state index contributed by atoms with van der Waals surface area (Å²) in [6, 6.07) is 2.31. The van der Waals surface area contributed by atoms with E-state index in [-0.39, 0.29) is 48.0 Å². The zero-order chi connectivity index (χ0) is 20.8. The lowest BCUT2D eigenvalue weighted by Crippen LogP contribution is -2.17. The van der Waals surface area contributed by atoms with E-state index < -0.39 is 16.6 Å². The Morgan fingerprint density at radius 1 is 1.25 bits per heavy atom. The van der Waals surface area contributed by atoms with Crippen molar-refractivity contribution in [2.75, 3.05) is 38.4 Å². The number of aromatic nitrogens is 3. The number of nitrogens with zero attached hydrogens (tertiary/aromatic N) is 5. The summed E-state index contributed by atoms with van der Waals surface area (Å²) < 4.78 is 15.6. The summed E-state index contributed by atoms with van der Waals surface area (Å²) in [6.07, 6.45) is 0. The Kier molecular flexibility index (Phi) is 6.47. The summed E-state index contributed by atoms with van der Waals surface area (Å²) in [4.78, 5) is 36.6. The molecule has 0 aliphatic rings. The van der Waals surface area contributed by atoms with Gasteiger partial charge in [-0.25, -0.2) is 4.79 Å². The van der Waals surface area contributed by atoms with Crippen molar-refractivity contribution in [3.8, 4) is 11.5 Å². The van der Waals surface area contributed by atoms with Crippen LogP contribution in [0.5, 0.6) is 11.5 Å². The molecule has 0 saturated heterocycles. The summed E-state index contributed by atoms with van der Waals surface area (Å²) in [7, 11) is 4.77. The van der Waals surface area contributed by atoms with Crippen LogP contribution in [0.3, 0.4) is 0 Å². The highest BCUT2D eigenvalue weighted by molar-refractivity contribution is 5.95. The standard InChI is InChI=1S/C16H20N6O6/c1-5-27-12-7-10(22(24)25)9(6-11(12)26-4)14(23)28-8-13-18-15(17)20-16(19-13)21(2)3/h6-7H,5,8H2,1-4H3,(H2,17,18,19,20).